The molecule has 0 unspecified atom stereocenters. The molecule has 17 heavy (non-hydrogen) atoms. The molecule has 1 heterocycles. The van der Waals surface area contributed by atoms with Gasteiger partial charge in [0.15, 0.2) is 0 Å². The summed E-state index contributed by atoms with van der Waals surface area (Å²) in [5.74, 6) is -1.16. The number of aryl methyl sites for hydroxylation is 1. The van der Waals surface area contributed by atoms with E-state index in [9.17, 15) is 9.18 Å². The summed E-state index contributed by atoms with van der Waals surface area (Å²) in [7, 11) is 0. The molecule has 88 valence electrons. The van der Waals surface area contributed by atoms with Crippen molar-refractivity contribution in [3.63, 3.8) is 0 Å². The number of nitrogens with two attached hydrogens (primary N) is 1. The van der Waals surface area contributed by atoms with Crippen molar-refractivity contribution in [1.82, 2.24) is 4.37 Å². The molecule has 2 N–H and O–H groups in total. The lowest BCUT2D eigenvalue weighted by atomic mass is 10.1. The zero-order valence-electron chi connectivity index (χ0n) is 8.83. The first kappa shape index (κ1) is 12.0. The molecule has 6 heteroatoms. The Labute approximate surface area is 106 Å². The van der Waals surface area contributed by atoms with Crippen LogP contribution in [0.2, 0.25) is 5.02 Å². The highest BCUT2D eigenvalue weighted by atomic mass is 35.5. The fourth-order valence-corrected chi connectivity index (χ4v) is 2.51. The van der Waals surface area contributed by atoms with Gasteiger partial charge in [0.05, 0.1) is 16.1 Å². The highest BCUT2D eigenvalue weighted by molar-refractivity contribution is 7.06. The van der Waals surface area contributed by atoms with E-state index in [1.54, 1.807) is 13.0 Å². The first-order valence-corrected chi connectivity index (χ1v) is 5.88. The summed E-state index contributed by atoms with van der Waals surface area (Å²) >= 11 is 7.02. The van der Waals surface area contributed by atoms with Crippen molar-refractivity contribution < 1.29 is 9.18 Å². The average Bonchev–Trinajstić information content (AvgIpc) is 2.60. The molecule has 2 aromatic rings. The molecule has 0 aliphatic heterocycles. The number of carbonyl (C=O) groups excluding carboxylic acids is 1. The normalized spacial score (nSPS) is 10.5. The maximum atomic E-state index is 13.7. The third kappa shape index (κ3) is 2.03. The summed E-state index contributed by atoms with van der Waals surface area (Å²) < 4.78 is 17.8. The van der Waals surface area contributed by atoms with Gasteiger partial charge in [0.25, 0.3) is 5.91 Å². The van der Waals surface area contributed by atoms with Crippen LogP contribution in [0.5, 0.6) is 0 Å². The Hall–Kier alpha value is -1.46. The number of carbonyl (C=O) groups is 1. The van der Waals surface area contributed by atoms with Crippen LogP contribution >= 0.6 is 23.1 Å². The molecule has 0 fully saturated rings. The summed E-state index contributed by atoms with van der Waals surface area (Å²) in [4.78, 5) is 12.0. The predicted molar refractivity (Wildman–Crippen MR) is 65.8 cm³/mol. The molecule has 1 aromatic carbocycles. The molecule has 3 nitrogen and oxygen atoms in total. The zero-order valence-corrected chi connectivity index (χ0v) is 10.4. The fraction of sp³-hybridized carbons (Fsp3) is 0.0909. The van der Waals surface area contributed by atoms with E-state index >= 15 is 0 Å². The molecule has 0 bridgehead atoms. The Morgan fingerprint density at radius 2 is 2.24 bits per heavy atom. The molecule has 1 amide bonds. The van der Waals surface area contributed by atoms with Crippen molar-refractivity contribution in [2.24, 2.45) is 5.73 Å². The molecule has 1 aromatic heterocycles. The summed E-state index contributed by atoms with van der Waals surface area (Å²) in [6.45, 7) is 1.70. The van der Waals surface area contributed by atoms with E-state index in [4.69, 9.17) is 17.3 Å². The Kier molecular flexibility index (Phi) is 3.13. The van der Waals surface area contributed by atoms with Gasteiger partial charge in [0.1, 0.15) is 11.5 Å². The third-order valence-electron chi connectivity index (χ3n) is 2.31. The Balaban J connectivity index is 2.73. The molecular formula is C11H8ClFN2OS. The Bertz CT molecular complexity index is 577. The largest absolute Gasteiger partial charge is 0.365 e. The minimum absolute atomic E-state index is 0.118. The molecule has 2 rings (SSSR count). The fourth-order valence-electron chi connectivity index (χ4n) is 1.56. The van der Waals surface area contributed by atoms with Crippen LogP contribution in [0.15, 0.2) is 18.2 Å². The number of rotatable bonds is 2. The molecule has 0 saturated carbocycles. The lowest BCUT2D eigenvalue weighted by Crippen LogP contribution is -2.12. The van der Waals surface area contributed by atoms with Gasteiger partial charge in [-0.05, 0) is 30.6 Å². The number of amides is 1. The maximum absolute atomic E-state index is 13.7. The number of nitrogens with zero attached hydrogens (tertiary/aromatic N) is 1. The van der Waals surface area contributed by atoms with E-state index in [2.05, 4.69) is 4.37 Å². The zero-order chi connectivity index (χ0) is 12.6. The van der Waals surface area contributed by atoms with E-state index in [-0.39, 0.29) is 21.8 Å². The van der Waals surface area contributed by atoms with Gasteiger partial charge in [0.2, 0.25) is 0 Å². The van der Waals surface area contributed by atoms with Crippen LogP contribution in [0, 0.1) is 12.7 Å². The number of hydrogen-bond acceptors (Lipinski definition) is 3. The first-order chi connectivity index (χ1) is 8.02. The standard InChI is InChI=1S/C11H8ClFN2OS/c1-5-8(11(14)16)10(15-17-5)9-6(12)3-2-4-7(9)13/h2-4H,1H3,(H2,14,16). The second kappa shape index (κ2) is 4.43. The number of hydrogen-bond donors (Lipinski definition) is 1. The lowest BCUT2D eigenvalue weighted by Gasteiger charge is -2.04. The van der Waals surface area contributed by atoms with Gasteiger partial charge in [-0.2, -0.15) is 4.37 Å². The maximum Gasteiger partial charge on any atom is 0.252 e. The minimum Gasteiger partial charge on any atom is -0.365 e. The van der Waals surface area contributed by atoms with E-state index in [1.807, 2.05) is 0 Å². The number of primary amides is 1. The van der Waals surface area contributed by atoms with Crippen LogP contribution in [-0.2, 0) is 0 Å². The quantitative estimate of drug-likeness (QED) is 0.912. The molecule has 0 radical (unpaired) electrons. The Morgan fingerprint density at radius 3 is 2.82 bits per heavy atom. The topological polar surface area (TPSA) is 56.0 Å². The van der Waals surface area contributed by atoms with Crippen LogP contribution in [-0.4, -0.2) is 10.3 Å². The lowest BCUT2D eigenvalue weighted by molar-refractivity contribution is 0.100. The first-order valence-electron chi connectivity index (χ1n) is 4.73. The van der Waals surface area contributed by atoms with E-state index in [0.717, 1.165) is 11.5 Å². The average molecular weight is 271 g/mol. The van der Waals surface area contributed by atoms with Gasteiger partial charge in [-0.15, -0.1) is 0 Å². The van der Waals surface area contributed by atoms with Crippen molar-refractivity contribution in [3.8, 4) is 11.3 Å². The summed E-state index contributed by atoms with van der Waals surface area (Å²) in [6.07, 6.45) is 0. The van der Waals surface area contributed by atoms with E-state index in [0.29, 0.717) is 4.88 Å². The van der Waals surface area contributed by atoms with Crippen molar-refractivity contribution in [1.29, 1.82) is 0 Å². The monoisotopic (exact) mass is 270 g/mol. The van der Waals surface area contributed by atoms with E-state index < -0.39 is 11.7 Å². The minimum atomic E-state index is -0.634. The van der Waals surface area contributed by atoms with Gasteiger partial charge in [-0.3, -0.25) is 4.79 Å². The number of halogens is 2. The second-order valence-corrected chi connectivity index (χ2v) is 4.81. The number of aromatic nitrogens is 1. The van der Waals surface area contributed by atoms with Crippen molar-refractivity contribution in [2.75, 3.05) is 0 Å². The van der Waals surface area contributed by atoms with Crippen molar-refractivity contribution >= 4 is 29.0 Å². The highest BCUT2D eigenvalue weighted by Crippen LogP contribution is 2.34. The van der Waals surface area contributed by atoms with Crippen LogP contribution < -0.4 is 5.73 Å². The highest BCUT2D eigenvalue weighted by Gasteiger charge is 2.21. The summed E-state index contributed by atoms with van der Waals surface area (Å²) in [6, 6.07) is 4.30. The van der Waals surface area contributed by atoms with Gasteiger partial charge in [-0.1, -0.05) is 17.7 Å². The molecule has 0 saturated heterocycles. The second-order valence-electron chi connectivity index (χ2n) is 3.42. The van der Waals surface area contributed by atoms with Crippen LogP contribution in [0.1, 0.15) is 15.2 Å². The predicted octanol–water partition coefficient (Wildman–Crippen LogP) is 3.01. The molecule has 0 atom stereocenters. The van der Waals surface area contributed by atoms with E-state index in [1.165, 1.54) is 12.1 Å². The van der Waals surface area contributed by atoms with Gasteiger partial charge in [-0.25, -0.2) is 4.39 Å². The Morgan fingerprint density at radius 1 is 1.53 bits per heavy atom. The summed E-state index contributed by atoms with van der Waals surface area (Å²) in [5.41, 5.74) is 5.81. The van der Waals surface area contributed by atoms with Gasteiger partial charge >= 0.3 is 0 Å². The molecule has 0 aliphatic carbocycles. The van der Waals surface area contributed by atoms with Crippen molar-refractivity contribution in [3.05, 3.63) is 39.5 Å². The van der Waals surface area contributed by atoms with Gasteiger partial charge < -0.3 is 5.73 Å². The van der Waals surface area contributed by atoms with Crippen molar-refractivity contribution in [2.45, 2.75) is 6.92 Å². The SMILES string of the molecule is Cc1snc(-c2c(F)cccc2Cl)c1C(N)=O. The number of benzene rings is 1. The smallest absolute Gasteiger partial charge is 0.252 e. The summed E-state index contributed by atoms with van der Waals surface area (Å²) in [5, 5.41) is 0.206. The van der Waals surface area contributed by atoms with Crippen LogP contribution in [0.25, 0.3) is 11.3 Å². The third-order valence-corrected chi connectivity index (χ3v) is 3.38. The molecular weight excluding hydrogens is 263 g/mol. The van der Waals surface area contributed by atoms with Crippen LogP contribution in [0.3, 0.4) is 0 Å². The van der Waals surface area contributed by atoms with Crippen LogP contribution in [0.4, 0.5) is 4.39 Å². The molecule has 0 aliphatic rings. The van der Waals surface area contributed by atoms with Gasteiger partial charge in [0, 0.05) is 4.88 Å². The molecule has 0 spiro atoms.